The van der Waals surface area contributed by atoms with Crippen LogP contribution in [0.1, 0.15) is 26.3 Å². The van der Waals surface area contributed by atoms with Gasteiger partial charge in [0.2, 0.25) is 5.91 Å². The van der Waals surface area contributed by atoms with E-state index < -0.39 is 5.60 Å². The first-order valence-electron chi connectivity index (χ1n) is 9.92. The highest BCUT2D eigenvalue weighted by atomic mass is 79.9. The number of benzene rings is 1. The normalized spacial score (nSPS) is 15.4. The molecule has 1 N–H and O–H groups in total. The molecule has 2 aromatic rings. The summed E-state index contributed by atoms with van der Waals surface area (Å²) >= 11 is 3.33. The molecule has 1 saturated heterocycles. The van der Waals surface area contributed by atoms with Crippen LogP contribution in [0.15, 0.2) is 41.1 Å². The number of hydrogen-bond donors (Lipinski definition) is 1. The van der Waals surface area contributed by atoms with Gasteiger partial charge in [0.15, 0.2) is 5.82 Å². The molecule has 7 nitrogen and oxygen atoms in total. The van der Waals surface area contributed by atoms with Crippen LogP contribution < -0.4 is 5.32 Å². The topological polar surface area (TPSA) is 84.4 Å². The van der Waals surface area contributed by atoms with Crippen LogP contribution in [-0.4, -0.2) is 58.5 Å². The molecule has 1 atom stereocenters. The van der Waals surface area contributed by atoms with E-state index in [0.29, 0.717) is 25.3 Å². The van der Waals surface area contributed by atoms with E-state index in [4.69, 9.17) is 4.74 Å². The Labute approximate surface area is 185 Å². The number of amides is 1. The molecule has 0 bridgehead atoms. The van der Waals surface area contributed by atoms with Crippen molar-refractivity contribution in [3.63, 3.8) is 0 Å². The fourth-order valence-electron chi connectivity index (χ4n) is 3.21. The molecule has 160 valence electrons. The zero-order valence-electron chi connectivity index (χ0n) is 17.7. The Morgan fingerprint density at radius 2 is 1.80 bits per heavy atom. The van der Waals surface area contributed by atoms with E-state index in [-0.39, 0.29) is 23.8 Å². The number of likely N-dealkylation sites (N-methyl/N-ethyl adjacent to an activating group) is 1. The first-order valence-corrected chi connectivity index (χ1v) is 10.7. The minimum atomic E-state index is -0.511. The molecule has 1 aromatic carbocycles. The maximum Gasteiger partial charge on any atom is 0.313 e. The van der Waals surface area contributed by atoms with Crippen molar-refractivity contribution in [3.8, 4) is 11.4 Å². The Bertz CT molecular complexity index is 888. The van der Waals surface area contributed by atoms with E-state index >= 15 is 0 Å². The summed E-state index contributed by atoms with van der Waals surface area (Å²) in [4.78, 5) is 35.2. The number of likely N-dealkylation sites (tertiary alicyclic amines) is 1. The summed E-state index contributed by atoms with van der Waals surface area (Å²) in [6.07, 6.45) is 3.98. The van der Waals surface area contributed by atoms with Gasteiger partial charge in [0, 0.05) is 31.0 Å². The highest BCUT2D eigenvalue weighted by molar-refractivity contribution is 9.10. The summed E-state index contributed by atoms with van der Waals surface area (Å²) in [5.74, 6) is 0.173. The predicted molar refractivity (Wildman–Crippen MR) is 118 cm³/mol. The van der Waals surface area contributed by atoms with Crippen molar-refractivity contribution in [1.29, 1.82) is 0 Å². The standard InChI is InChI=1S/C22H27BrN4O3/c1-22(2,3)30-21(29)16-12-27(13-16)20(28)18(24-4)9-14-5-7-15(8-6-14)19-25-10-17(23)11-26-19/h5-8,10-11,16,18,24H,9,12-13H2,1-4H3. The van der Waals surface area contributed by atoms with Gasteiger partial charge in [-0.15, -0.1) is 0 Å². The van der Waals surface area contributed by atoms with Crippen LogP contribution in [0.2, 0.25) is 0 Å². The molecule has 0 radical (unpaired) electrons. The third-order valence-electron chi connectivity index (χ3n) is 4.85. The molecular formula is C22H27BrN4O3. The second-order valence-corrected chi connectivity index (χ2v) is 9.36. The summed E-state index contributed by atoms with van der Waals surface area (Å²) < 4.78 is 6.23. The number of hydrogen-bond acceptors (Lipinski definition) is 6. The van der Waals surface area contributed by atoms with E-state index in [2.05, 4.69) is 31.2 Å². The third-order valence-corrected chi connectivity index (χ3v) is 5.26. The van der Waals surface area contributed by atoms with Crippen LogP contribution in [0.5, 0.6) is 0 Å². The van der Waals surface area contributed by atoms with Gasteiger partial charge in [-0.2, -0.15) is 0 Å². The smallest absolute Gasteiger partial charge is 0.313 e. The van der Waals surface area contributed by atoms with Gasteiger partial charge in [-0.3, -0.25) is 9.59 Å². The lowest BCUT2D eigenvalue weighted by atomic mass is 9.96. The lowest BCUT2D eigenvalue weighted by Crippen LogP contribution is -2.58. The highest BCUT2D eigenvalue weighted by Gasteiger charge is 2.40. The van der Waals surface area contributed by atoms with Gasteiger partial charge in [-0.05, 0) is 55.7 Å². The van der Waals surface area contributed by atoms with Crippen LogP contribution in [-0.2, 0) is 20.7 Å². The van der Waals surface area contributed by atoms with Gasteiger partial charge in [-0.25, -0.2) is 9.97 Å². The van der Waals surface area contributed by atoms with E-state index in [0.717, 1.165) is 15.6 Å². The molecule has 2 heterocycles. The van der Waals surface area contributed by atoms with Crippen LogP contribution in [0.3, 0.4) is 0 Å². The summed E-state index contributed by atoms with van der Waals surface area (Å²) in [7, 11) is 1.78. The van der Waals surface area contributed by atoms with E-state index in [1.54, 1.807) is 24.3 Å². The Balaban J connectivity index is 1.56. The number of carbonyl (C=O) groups is 2. The van der Waals surface area contributed by atoms with Crippen LogP contribution in [0.25, 0.3) is 11.4 Å². The van der Waals surface area contributed by atoms with Gasteiger partial charge in [-0.1, -0.05) is 24.3 Å². The Morgan fingerprint density at radius 1 is 1.20 bits per heavy atom. The molecule has 0 spiro atoms. The van der Waals surface area contributed by atoms with Crippen molar-refractivity contribution in [2.45, 2.75) is 38.8 Å². The minimum absolute atomic E-state index is 0.00220. The molecule has 0 aliphatic carbocycles. The number of nitrogens with zero attached hydrogens (tertiary/aromatic N) is 3. The SMILES string of the molecule is CNC(Cc1ccc(-c2ncc(Br)cn2)cc1)C(=O)N1CC(C(=O)OC(C)(C)C)C1. The van der Waals surface area contributed by atoms with Crippen LogP contribution in [0, 0.1) is 5.92 Å². The number of rotatable bonds is 6. The number of ether oxygens (including phenoxy) is 1. The molecule has 0 saturated carbocycles. The fourth-order valence-corrected chi connectivity index (χ4v) is 3.42. The quantitative estimate of drug-likeness (QED) is 0.647. The van der Waals surface area contributed by atoms with Crippen molar-refractivity contribution in [2.24, 2.45) is 5.92 Å². The fraction of sp³-hybridized carbons (Fsp3) is 0.455. The minimum Gasteiger partial charge on any atom is -0.460 e. The molecular weight excluding hydrogens is 448 g/mol. The first-order chi connectivity index (χ1) is 14.2. The van der Waals surface area contributed by atoms with Gasteiger partial charge >= 0.3 is 5.97 Å². The molecule has 1 aliphatic heterocycles. The zero-order valence-corrected chi connectivity index (χ0v) is 19.3. The molecule has 1 aromatic heterocycles. The Morgan fingerprint density at radius 3 is 2.33 bits per heavy atom. The lowest BCUT2D eigenvalue weighted by Gasteiger charge is -2.40. The third kappa shape index (κ3) is 5.64. The average Bonchev–Trinajstić information content (AvgIpc) is 2.64. The van der Waals surface area contributed by atoms with Crippen molar-refractivity contribution < 1.29 is 14.3 Å². The number of halogens is 1. The molecule has 30 heavy (non-hydrogen) atoms. The van der Waals surface area contributed by atoms with Gasteiger partial charge in [0.25, 0.3) is 0 Å². The second-order valence-electron chi connectivity index (χ2n) is 8.44. The van der Waals surface area contributed by atoms with E-state index in [9.17, 15) is 9.59 Å². The maximum absolute atomic E-state index is 12.8. The number of carbonyl (C=O) groups excluding carboxylic acids is 2. The average molecular weight is 475 g/mol. The number of aromatic nitrogens is 2. The van der Waals surface area contributed by atoms with Gasteiger partial charge in [0.05, 0.1) is 16.4 Å². The van der Waals surface area contributed by atoms with Crippen LogP contribution in [0.4, 0.5) is 0 Å². The van der Waals surface area contributed by atoms with Crippen molar-refractivity contribution in [2.75, 3.05) is 20.1 Å². The lowest BCUT2D eigenvalue weighted by molar-refractivity contribution is -0.168. The second kappa shape index (κ2) is 9.22. The maximum atomic E-state index is 12.8. The zero-order chi connectivity index (χ0) is 21.9. The Hall–Kier alpha value is -2.32. The summed E-state index contributed by atoms with van der Waals surface area (Å²) in [6.45, 7) is 6.35. The van der Waals surface area contributed by atoms with E-state index in [1.807, 2.05) is 45.0 Å². The highest BCUT2D eigenvalue weighted by Crippen LogP contribution is 2.22. The number of esters is 1. The monoisotopic (exact) mass is 474 g/mol. The molecule has 8 heteroatoms. The van der Waals surface area contributed by atoms with Gasteiger partial charge in [0.1, 0.15) is 5.60 Å². The van der Waals surface area contributed by atoms with E-state index in [1.165, 1.54) is 0 Å². The van der Waals surface area contributed by atoms with Crippen molar-refractivity contribution in [1.82, 2.24) is 20.2 Å². The van der Waals surface area contributed by atoms with Crippen molar-refractivity contribution in [3.05, 3.63) is 46.7 Å². The summed E-state index contributed by atoms with van der Waals surface area (Å²) in [6, 6.07) is 7.53. The molecule has 1 unspecified atom stereocenters. The predicted octanol–water partition coefficient (Wildman–Crippen LogP) is 2.84. The van der Waals surface area contributed by atoms with Gasteiger partial charge < -0.3 is 15.0 Å². The van der Waals surface area contributed by atoms with Crippen molar-refractivity contribution >= 4 is 27.8 Å². The summed E-state index contributed by atoms with van der Waals surface area (Å²) in [5, 5.41) is 3.10. The molecule has 1 aliphatic rings. The summed E-state index contributed by atoms with van der Waals surface area (Å²) in [5.41, 5.74) is 1.44. The molecule has 1 fully saturated rings. The Kier molecular flexibility index (Phi) is 6.88. The largest absolute Gasteiger partial charge is 0.460 e. The molecule has 3 rings (SSSR count). The first kappa shape index (κ1) is 22.4. The van der Waals surface area contributed by atoms with Crippen LogP contribution >= 0.6 is 15.9 Å². The molecule has 1 amide bonds. The number of nitrogens with one attached hydrogen (secondary N) is 1.